The van der Waals surface area contributed by atoms with Crippen LogP contribution in [0, 0.1) is 5.92 Å². The lowest BCUT2D eigenvalue weighted by Gasteiger charge is -2.34. The molecular formula is C28H34ClF3N4O4. The maximum Gasteiger partial charge on any atom is 0.430 e. The van der Waals surface area contributed by atoms with E-state index in [1.807, 2.05) is 0 Å². The van der Waals surface area contributed by atoms with Gasteiger partial charge in [-0.3, -0.25) is 9.59 Å². The molecule has 1 aromatic carbocycles. The minimum atomic E-state index is -5.22. The molecule has 2 heterocycles. The van der Waals surface area contributed by atoms with Crippen LogP contribution >= 0.6 is 11.6 Å². The normalized spacial score (nSPS) is 18.6. The molecule has 2 fully saturated rings. The summed E-state index contributed by atoms with van der Waals surface area (Å²) in [7, 11) is 4.59. The number of aliphatic hydroxyl groups is 1. The van der Waals surface area contributed by atoms with E-state index in [1.54, 1.807) is 26.2 Å². The number of halogens is 4. The fraction of sp³-hybridized carbons (Fsp3) is 0.536. The molecule has 40 heavy (non-hydrogen) atoms. The molecule has 0 bridgehead atoms. The third-order valence-corrected chi connectivity index (χ3v) is 8.19. The number of piperidine rings is 1. The van der Waals surface area contributed by atoms with Gasteiger partial charge in [0.1, 0.15) is 16.7 Å². The highest BCUT2D eigenvalue weighted by Gasteiger charge is 2.62. The lowest BCUT2D eigenvalue weighted by Crippen LogP contribution is -2.57. The van der Waals surface area contributed by atoms with Gasteiger partial charge in [0, 0.05) is 38.3 Å². The van der Waals surface area contributed by atoms with Gasteiger partial charge in [-0.2, -0.15) is 13.2 Å². The first-order valence-corrected chi connectivity index (χ1v) is 13.6. The number of anilines is 1. The lowest BCUT2D eigenvalue weighted by atomic mass is 9.88. The Labute approximate surface area is 236 Å². The third-order valence-electron chi connectivity index (χ3n) is 7.90. The van der Waals surface area contributed by atoms with Crippen molar-refractivity contribution >= 4 is 29.2 Å². The van der Waals surface area contributed by atoms with Crippen molar-refractivity contribution in [3.63, 3.8) is 0 Å². The number of aromatic nitrogens is 1. The fourth-order valence-electron chi connectivity index (χ4n) is 5.12. The molecule has 0 spiro atoms. The molecular weight excluding hydrogens is 549 g/mol. The SMILES string of the molecule is COc1cccc(C(O)(C(=O)NC2(CCC3CCN(c4ccc(C(=O)N(C)C)c(Cl)n4)CC3)CC2)C(F)(F)F)c1. The predicted octanol–water partition coefficient (Wildman–Crippen LogP) is 4.54. The first-order chi connectivity index (χ1) is 18.8. The van der Waals surface area contributed by atoms with Crippen LogP contribution in [0.3, 0.4) is 0 Å². The van der Waals surface area contributed by atoms with Crippen molar-refractivity contribution in [2.75, 3.05) is 39.2 Å². The monoisotopic (exact) mass is 582 g/mol. The van der Waals surface area contributed by atoms with Crippen LogP contribution in [0.15, 0.2) is 36.4 Å². The number of amides is 2. The Morgan fingerprint density at radius 3 is 2.42 bits per heavy atom. The second-order valence-electron chi connectivity index (χ2n) is 10.9. The molecule has 1 saturated heterocycles. The van der Waals surface area contributed by atoms with E-state index in [1.165, 1.54) is 24.1 Å². The van der Waals surface area contributed by atoms with Gasteiger partial charge in [0.05, 0.1) is 12.7 Å². The van der Waals surface area contributed by atoms with Gasteiger partial charge in [0.25, 0.3) is 17.4 Å². The van der Waals surface area contributed by atoms with Gasteiger partial charge in [0.2, 0.25) is 0 Å². The highest BCUT2D eigenvalue weighted by molar-refractivity contribution is 6.32. The summed E-state index contributed by atoms with van der Waals surface area (Å²) < 4.78 is 47.2. The van der Waals surface area contributed by atoms with Gasteiger partial charge in [-0.25, -0.2) is 4.98 Å². The molecule has 1 unspecified atom stereocenters. The van der Waals surface area contributed by atoms with Crippen LogP contribution in [0.2, 0.25) is 5.15 Å². The summed E-state index contributed by atoms with van der Waals surface area (Å²) in [6, 6.07) is 8.29. The van der Waals surface area contributed by atoms with E-state index in [0.29, 0.717) is 36.6 Å². The highest BCUT2D eigenvalue weighted by Crippen LogP contribution is 2.45. The second-order valence-corrected chi connectivity index (χ2v) is 11.2. The zero-order valence-corrected chi connectivity index (χ0v) is 23.5. The van der Waals surface area contributed by atoms with Crippen molar-refractivity contribution in [2.45, 2.75) is 55.8 Å². The van der Waals surface area contributed by atoms with Crippen LogP contribution in [-0.4, -0.2) is 72.8 Å². The number of carbonyl (C=O) groups is 2. The summed E-state index contributed by atoms with van der Waals surface area (Å²) in [6.07, 6.45) is -1.14. The maximum absolute atomic E-state index is 14.1. The number of alkyl halides is 3. The zero-order chi connectivity index (χ0) is 29.3. The van der Waals surface area contributed by atoms with Gasteiger partial charge in [0.15, 0.2) is 0 Å². The van der Waals surface area contributed by atoms with Crippen LogP contribution in [-0.2, 0) is 10.4 Å². The number of methoxy groups -OCH3 is 1. The smallest absolute Gasteiger partial charge is 0.430 e. The van der Waals surface area contributed by atoms with Gasteiger partial charge >= 0.3 is 6.18 Å². The summed E-state index contributed by atoms with van der Waals surface area (Å²) in [6.45, 7) is 1.44. The number of ether oxygens (including phenoxy) is 1. The molecule has 2 N–H and O–H groups in total. The minimum Gasteiger partial charge on any atom is -0.497 e. The Morgan fingerprint density at radius 2 is 1.88 bits per heavy atom. The molecule has 4 rings (SSSR count). The van der Waals surface area contributed by atoms with Crippen molar-refractivity contribution < 1.29 is 32.6 Å². The molecule has 2 amide bonds. The van der Waals surface area contributed by atoms with Crippen molar-refractivity contribution in [3.05, 3.63) is 52.7 Å². The van der Waals surface area contributed by atoms with E-state index >= 15 is 0 Å². The Kier molecular flexibility index (Phi) is 8.56. The number of benzene rings is 1. The van der Waals surface area contributed by atoms with E-state index in [0.717, 1.165) is 44.5 Å². The van der Waals surface area contributed by atoms with Gasteiger partial charge in [-0.05, 0) is 68.7 Å². The number of pyridine rings is 1. The van der Waals surface area contributed by atoms with E-state index in [2.05, 4.69) is 15.2 Å². The number of hydrogen-bond acceptors (Lipinski definition) is 6. The molecule has 2 aromatic rings. The van der Waals surface area contributed by atoms with Crippen LogP contribution in [0.4, 0.5) is 19.0 Å². The Hall–Kier alpha value is -3.05. The maximum atomic E-state index is 14.1. The number of carbonyl (C=O) groups excluding carboxylic acids is 2. The van der Waals surface area contributed by atoms with Crippen molar-refractivity contribution in [3.8, 4) is 5.75 Å². The molecule has 218 valence electrons. The van der Waals surface area contributed by atoms with Gasteiger partial charge in [-0.1, -0.05) is 23.7 Å². The lowest BCUT2D eigenvalue weighted by molar-refractivity contribution is -0.257. The topological polar surface area (TPSA) is 95.0 Å². The van der Waals surface area contributed by atoms with Gasteiger partial charge < -0.3 is 25.0 Å². The van der Waals surface area contributed by atoms with E-state index in [-0.39, 0.29) is 16.8 Å². The summed E-state index contributed by atoms with van der Waals surface area (Å²) in [5, 5.41) is 13.4. The van der Waals surface area contributed by atoms with E-state index in [4.69, 9.17) is 16.3 Å². The van der Waals surface area contributed by atoms with Crippen LogP contribution in [0.5, 0.6) is 5.75 Å². The molecule has 1 aliphatic heterocycles. The zero-order valence-electron chi connectivity index (χ0n) is 22.7. The van der Waals surface area contributed by atoms with Crippen LogP contribution < -0.4 is 15.0 Å². The van der Waals surface area contributed by atoms with E-state index in [9.17, 15) is 27.9 Å². The summed E-state index contributed by atoms with van der Waals surface area (Å²) >= 11 is 6.26. The summed E-state index contributed by atoms with van der Waals surface area (Å²) in [5.41, 5.74) is -4.70. The molecule has 12 heteroatoms. The largest absolute Gasteiger partial charge is 0.497 e. The molecule has 0 radical (unpaired) electrons. The first kappa shape index (κ1) is 29.9. The minimum absolute atomic E-state index is 0.107. The second kappa shape index (κ2) is 11.4. The number of nitrogens with one attached hydrogen (secondary N) is 1. The summed E-state index contributed by atoms with van der Waals surface area (Å²) in [5.74, 6) is -0.569. The molecule has 1 atom stereocenters. The van der Waals surface area contributed by atoms with Crippen molar-refractivity contribution in [1.29, 1.82) is 0 Å². The van der Waals surface area contributed by atoms with E-state index < -0.39 is 28.8 Å². The molecule has 1 aliphatic carbocycles. The molecule has 8 nitrogen and oxygen atoms in total. The van der Waals surface area contributed by atoms with Crippen molar-refractivity contribution in [2.24, 2.45) is 5.92 Å². The average molecular weight is 583 g/mol. The number of hydrogen-bond donors (Lipinski definition) is 2. The number of nitrogens with zero attached hydrogens (tertiary/aromatic N) is 3. The quantitative estimate of drug-likeness (QED) is 0.422. The average Bonchev–Trinajstić information content (AvgIpc) is 3.69. The Bertz CT molecular complexity index is 1250. The van der Waals surface area contributed by atoms with Crippen LogP contribution in [0.25, 0.3) is 0 Å². The third kappa shape index (κ3) is 6.15. The first-order valence-electron chi connectivity index (χ1n) is 13.2. The van der Waals surface area contributed by atoms with Crippen LogP contribution in [0.1, 0.15) is 54.4 Å². The molecule has 1 aromatic heterocycles. The Morgan fingerprint density at radius 1 is 1.20 bits per heavy atom. The standard InChI is InChI=1S/C28H34ClF3N4O4/c1-35(2)24(37)21-7-8-22(33-23(21)29)36-15-10-18(11-16-36)9-12-26(13-14-26)34-25(38)27(39,28(30,31)32)19-5-4-6-20(17-19)40-3/h4-8,17-18,39H,9-16H2,1-3H3,(H,34,38). The van der Waals surface area contributed by atoms with Crippen molar-refractivity contribution in [1.82, 2.24) is 15.2 Å². The highest BCUT2D eigenvalue weighted by atomic mass is 35.5. The predicted molar refractivity (Wildman–Crippen MR) is 144 cm³/mol. The van der Waals surface area contributed by atoms with Gasteiger partial charge in [-0.15, -0.1) is 0 Å². The molecule has 1 saturated carbocycles. The Balaban J connectivity index is 1.34. The summed E-state index contributed by atoms with van der Waals surface area (Å²) in [4.78, 5) is 33.1. The number of rotatable bonds is 9. The molecule has 2 aliphatic rings. The fourth-order valence-corrected chi connectivity index (χ4v) is 5.35.